The van der Waals surface area contributed by atoms with Crippen LogP contribution in [0.15, 0.2) is 96.2 Å². The van der Waals surface area contributed by atoms with Crippen molar-refractivity contribution < 1.29 is 9.59 Å². The predicted molar refractivity (Wildman–Crippen MR) is 142 cm³/mol. The highest BCUT2D eigenvalue weighted by Crippen LogP contribution is 2.28. The van der Waals surface area contributed by atoms with Crippen LogP contribution in [0.4, 0.5) is 5.69 Å². The highest BCUT2D eigenvalue weighted by molar-refractivity contribution is 7.99. The highest BCUT2D eigenvalue weighted by Gasteiger charge is 2.29. The molecule has 1 aromatic heterocycles. The van der Waals surface area contributed by atoms with Gasteiger partial charge in [-0.15, -0.1) is 10.2 Å². The minimum absolute atomic E-state index is 0.00100. The van der Waals surface area contributed by atoms with Gasteiger partial charge in [0.25, 0.3) is 0 Å². The summed E-state index contributed by atoms with van der Waals surface area (Å²) in [7, 11) is 0. The minimum atomic E-state index is -0.217. The highest BCUT2D eigenvalue weighted by atomic mass is 32.2. The number of amides is 2. The van der Waals surface area contributed by atoms with E-state index in [0.717, 1.165) is 35.6 Å². The van der Waals surface area contributed by atoms with Crippen LogP contribution in [-0.4, -0.2) is 50.3 Å². The van der Waals surface area contributed by atoms with Crippen LogP contribution in [0.2, 0.25) is 0 Å². The summed E-state index contributed by atoms with van der Waals surface area (Å²) in [5, 5.41) is 12.5. The summed E-state index contributed by atoms with van der Waals surface area (Å²) in [5.74, 6) is 0.703. The summed E-state index contributed by atoms with van der Waals surface area (Å²) in [4.78, 5) is 27.7. The Bertz CT molecular complexity index is 1310. The molecule has 36 heavy (non-hydrogen) atoms. The Labute approximate surface area is 214 Å². The lowest BCUT2D eigenvalue weighted by Crippen LogP contribution is -2.44. The van der Waals surface area contributed by atoms with Crippen molar-refractivity contribution in [2.75, 3.05) is 24.2 Å². The first-order valence-corrected chi connectivity index (χ1v) is 13.0. The Hall–Kier alpha value is -3.91. The van der Waals surface area contributed by atoms with Crippen molar-refractivity contribution >= 4 is 29.3 Å². The summed E-state index contributed by atoms with van der Waals surface area (Å²) in [5.41, 5.74) is 2.67. The third kappa shape index (κ3) is 5.49. The molecule has 1 aliphatic rings. The molecule has 8 heteroatoms. The van der Waals surface area contributed by atoms with Gasteiger partial charge in [0.05, 0.1) is 11.7 Å². The number of aromatic nitrogens is 3. The first-order chi connectivity index (χ1) is 17.7. The number of rotatable bonds is 7. The van der Waals surface area contributed by atoms with Crippen molar-refractivity contribution in [2.24, 2.45) is 5.92 Å². The molecule has 1 unspecified atom stereocenters. The van der Waals surface area contributed by atoms with E-state index < -0.39 is 0 Å². The molecule has 1 fully saturated rings. The maximum Gasteiger partial charge on any atom is 0.233 e. The first kappa shape index (κ1) is 23.8. The largest absolute Gasteiger partial charge is 0.341 e. The van der Waals surface area contributed by atoms with Crippen molar-refractivity contribution in [1.82, 2.24) is 19.7 Å². The number of piperidine rings is 1. The van der Waals surface area contributed by atoms with E-state index in [0.29, 0.717) is 18.2 Å². The second-order valence-corrected chi connectivity index (χ2v) is 9.61. The number of benzene rings is 3. The van der Waals surface area contributed by atoms with Gasteiger partial charge in [-0.25, -0.2) is 0 Å². The second kappa shape index (κ2) is 11.2. The third-order valence-electron chi connectivity index (χ3n) is 6.19. The molecule has 0 bridgehead atoms. The number of para-hydroxylation sites is 2. The van der Waals surface area contributed by atoms with Gasteiger partial charge < -0.3 is 10.2 Å². The number of carbonyl (C=O) groups is 2. The zero-order chi connectivity index (χ0) is 24.7. The van der Waals surface area contributed by atoms with Crippen LogP contribution in [0.3, 0.4) is 0 Å². The molecular formula is C28H27N5O2S. The topological polar surface area (TPSA) is 80.1 Å². The average Bonchev–Trinajstić information content (AvgIpc) is 3.37. The first-order valence-electron chi connectivity index (χ1n) is 12.0. The predicted octanol–water partition coefficient (Wildman–Crippen LogP) is 4.90. The molecule has 1 atom stereocenters. The van der Waals surface area contributed by atoms with Gasteiger partial charge in [-0.1, -0.05) is 78.5 Å². The van der Waals surface area contributed by atoms with E-state index in [1.54, 1.807) is 4.90 Å². The molecule has 1 aliphatic heterocycles. The monoisotopic (exact) mass is 497 g/mol. The van der Waals surface area contributed by atoms with Crippen LogP contribution >= 0.6 is 11.8 Å². The van der Waals surface area contributed by atoms with Crippen LogP contribution in [0.1, 0.15) is 12.8 Å². The fourth-order valence-corrected chi connectivity index (χ4v) is 5.20. The molecule has 5 rings (SSSR count). The van der Waals surface area contributed by atoms with Crippen LogP contribution in [0, 0.1) is 5.92 Å². The van der Waals surface area contributed by atoms with Gasteiger partial charge in [-0.05, 0) is 37.1 Å². The summed E-state index contributed by atoms with van der Waals surface area (Å²) in [6.07, 6.45) is 1.58. The maximum absolute atomic E-state index is 13.1. The number of likely N-dealkylation sites (tertiary alicyclic amines) is 1. The van der Waals surface area contributed by atoms with E-state index in [-0.39, 0.29) is 23.5 Å². The molecular weight excluding hydrogens is 470 g/mol. The maximum atomic E-state index is 13.1. The number of nitrogens with zero attached hydrogens (tertiary/aromatic N) is 4. The van der Waals surface area contributed by atoms with Crippen LogP contribution in [-0.2, 0) is 9.59 Å². The fourth-order valence-electron chi connectivity index (χ4n) is 4.35. The SMILES string of the molecule is O=C(Nc1ccccc1)C1CCCN(C(=O)CSc2nnc(-c3ccccc3)n2-c2ccccc2)C1. The van der Waals surface area contributed by atoms with Crippen molar-refractivity contribution in [3.05, 3.63) is 91.0 Å². The molecule has 2 amide bonds. The molecule has 2 heterocycles. The summed E-state index contributed by atoms with van der Waals surface area (Å²) in [6.45, 7) is 1.09. The molecule has 4 aromatic rings. The fraction of sp³-hybridized carbons (Fsp3) is 0.214. The minimum Gasteiger partial charge on any atom is -0.341 e. The summed E-state index contributed by atoms with van der Waals surface area (Å²) < 4.78 is 1.99. The number of hydrogen-bond acceptors (Lipinski definition) is 5. The Kier molecular flexibility index (Phi) is 7.42. The van der Waals surface area contributed by atoms with Crippen molar-refractivity contribution in [3.63, 3.8) is 0 Å². The van der Waals surface area contributed by atoms with Gasteiger partial charge in [-0.2, -0.15) is 0 Å². The van der Waals surface area contributed by atoms with Gasteiger partial charge in [0.1, 0.15) is 0 Å². The average molecular weight is 498 g/mol. The van der Waals surface area contributed by atoms with E-state index in [9.17, 15) is 9.59 Å². The Morgan fingerprint density at radius 1 is 0.889 bits per heavy atom. The Morgan fingerprint density at radius 3 is 2.28 bits per heavy atom. The normalized spacial score (nSPS) is 15.4. The number of nitrogens with one attached hydrogen (secondary N) is 1. The van der Waals surface area contributed by atoms with Crippen LogP contribution < -0.4 is 5.32 Å². The van der Waals surface area contributed by atoms with Crippen molar-refractivity contribution in [2.45, 2.75) is 18.0 Å². The zero-order valence-electron chi connectivity index (χ0n) is 19.8. The van der Waals surface area contributed by atoms with Gasteiger partial charge in [0.2, 0.25) is 11.8 Å². The van der Waals surface area contributed by atoms with Crippen molar-refractivity contribution in [1.29, 1.82) is 0 Å². The quantitative estimate of drug-likeness (QED) is 0.367. The third-order valence-corrected chi connectivity index (χ3v) is 7.10. The molecule has 0 saturated carbocycles. The lowest BCUT2D eigenvalue weighted by atomic mass is 9.97. The van der Waals surface area contributed by atoms with E-state index in [1.807, 2.05) is 95.6 Å². The standard InChI is InChI=1S/C28H27N5O2S/c34-25(32-18-10-13-22(19-32)27(35)29-23-14-6-2-7-15-23)20-36-28-31-30-26(21-11-4-1-5-12-21)33(28)24-16-8-3-9-17-24/h1-9,11-12,14-17,22H,10,13,18-20H2,(H,29,35). The van der Waals surface area contributed by atoms with Crippen LogP contribution in [0.25, 0.3) is 17.1 Å². The van der Waals surface area contributed by atoms with E-state index >= 15 is 0 Å². The number of anilines is 1. The Balaban J connectivity index is 1.27. The summed E-state index contributed by atoms with van der Waals surface area (Å²) in [6, 6.07) is 29.2. The lowest BCUT2D eigenvalue weighted by molar-refractivity contribution is -0.132. The second-order valence-electron chi connectivity index (χ2n) is 8.67. The van der Waals surface area contributed by atoms with Gasteiger partial charge in [-0.3, -0.25) is 14.2 Å². The van der Waals surface area contributed by atoms with E-state index in [2.05, 4.69) is 15.5 Å². The molecule has 0 radical (unpaired) electrons. The van der Waals surface area contributed by atoms with E-state index in [1.165, 1.54) is 11.8 Å². The lowest BCUT2D eigenvalue weighted by Gasteiger charge is -2.32. The Morgan fingerprint density at radius 2 is 1.56 bits per heavy atom. The molecule has 1 N–H and O–H groups in total. The van der Waals surface area contributed by atoms with Gasteiger partial charge in [0, 0.05) is 30.0 Å². The molecule has 1 saturated heterocycles. The van der Waals surface area contributed by atoms with Crippen molar-refractivity contribution in [3.8, 4) is 17.1 Å². The summed E-state index contributed by atoms with van der Waals surface area (Å²) >= 11 is 1.37. The molecule has 7 nitrogen and oxygen atoms in total. The number of carbonyl (C=O) groups excluding carboxylic acids is 2. The van der Waals surface area contributed by atoms with Gasteiger partial charge in [0.15, 0.2) is 11.0 Å². The van der Waals surface area contributed by atoms with Gasteiger partial charge >= 0.3 is 0 Å². The number of hydrogen-bond donors (Lipinski definition) is 1. The molecule has 182 valence electrons. The molecule has 0 spiro atoms. The number of thioether (sulfide) groups is 1. The zero-order valence-corrected chi connectivity index (χ0v) is 20.6. The molecule has 3 aromatic carbocycles. The van der Waals surface area contributed by atoms with Crippen LogP contribution in [0.5, 0.6) is 0 Å². The smallest absolute Gasteiger partial charge is 0.233 e. The van der Waals surface area contributed by atoms with E-state index in [4.69, 9.17) is 0 Å². The molecule has 0 aliphatic carbocycles.